The Morgan fingerprint density at radius 3 is 2.41 bits per heavy atom. The van der Waals surface area contributed by atoms with Crippen molar-refractivity contribution in [1.82, 2.24) is 0 Å². The standard InChI is InChI=1S/C22H36O5/c1-3-5-7-9-18(23)12-11-17-13-14-22(26-15-16-27-22)20(17)19(21(24)25)10-8-6-4-2/h11-12,17,19-20H,3-10,13-16H2,1-2H3,(H,24,25)/b12-11+. The number of carboxylic acids is 1. The SMILES string of the molecule is CCCCCC(=O)/C=C/C1CCC2(OCCO2)C1C(CCCCC)C(=O)O. The van der Waals surface area contributed by atoms with Gasteiger partial charge in [0.25, 0.3) is 0 Å². The molecule has 1 aliphatic carbocycles. The van der Waals surface area contributed by atoms with Crippen molar-refractivity contribution in [2.24, 2.45) is 17.8 Å². The van der Waals surface area contributed by atoms with Gasteiger partial charge in [0.1, 0.15) is 0 Å². The van der Waals surface area contributed by atoms with Gasteiger partial charge in [-0.2, -0.15) is 0 Å². The molecule has 0 aromatic carbocycles. The number of carbonyl (C=O) groups is 2. The summed E-state index contributed by atoms with van der Waals surface area (Å²) < 4.78 is 11.9. The van der Waals surface area contributed by atoms with Gasteiger partial charge in [-0.3, -0.25) is 9.59 Å². The van der Waals surface area contributed by atoms with Crippen molar-refractivity contribution in [2.75, 3.05) is 13.2 Å². The maximum atomic E-state index is 12.1. The van der Waals surface area contributed by atoms with Crippen molar-refractivity contribution in [3.8, 4) is 0 Å². The Morgan fingerprint density at radius 2 is 1.78 bits per heavy atom. The number of hydrogen-bond donors (Lipinski definition) is 1. The zero-order chi connectivity index (χ0) is 19.7. The minimum atomic E-state index is -0.782. The van der Waals surface area contributed by atoms with E-state index in [-0.39, 0.29) is 17.6 Å². The zero-order valence-electron chi connectivity index (χ0n) is 17.0. The van der Waals surface area contributed by atoms with E-state index in [2.05, 4.69) is 13.8 Å². The number of carboxylic acid groups (broad SMARTS) is 1. The number of ether oxygens (including phenoxy) is 2. The molecule has 2 fully saturated rings. The summed E-state index contributed by atoms with van der Waals surface area (Å²) in [6, 6.07) is 0. The summed E-state index contributed by atoms with van der Waals surface area (Å²) in [5, 5.41) is 9.91. The average Bonchev–Trinajstić information content (AvgIpc) is 3.25. The minimum Gasteiger partial charge on any atom is -0.481 e. The Balaban J connectivity index is 2.12. The van der Waals surface area contributed by atoms with E-state index in [9.17, 15) is 14.7 Å². The molecule has 0 amide bonds. The number of allylic oxidation sites excluding steroid dienone is 2. The van der Waals surface area contributed by atoms with Crippen LogP contribution in [0.2, 0.25) is 0 Å². The average molecular weight is 381 g/mol. The van der Waals surface area contributed by atoms with Gasteiger partial charge >= 0.3 is 5.97 Å². The van der Waals surface area contributed by atoms with E-state index in [1.807, 2.05) is 6.08 Å². The lowest BCUT2D eigenvalue weighted by atomic mass is 9.78. The quantitative estimate of drug-likeness (QED) is 0.391. The van der Waals surface area contributed by atoms with Crippen molar-refractivity contribution >= 4 is 11.8 Å². The normalized spacial score (nSPS) is 25.4. The Bertz CT molecular complexity index is 507. The highest BCUT2D eigenvalue weighted by Gasteiger charge is 2.56. The van der Waals surface area contributed by atoms with Crippen molar-refractivity contribution in [3.63, 3.8) is 0 Å². The number of aliphatic carboxylic acids is 1. The predicted molar refractivity (Wildman–Crippen MR) is 104 cm³/mol. The smallest absolute Gasteiger partial charge is 0.307 e. The van der Waals surface area contributed by atoms with Crippen LogP contribution in [0.4, 0.5) is 0 Å². The van der Waals surface area contributed by atoms with Gasteiger partial charge in [-0.15, -0.1) is 0 Å². The molecule has 5 nitrogen and oxygen atoms in total. The molecule has 1 heterocycles. The van der Waals surface area contributed by atoms with Gasteiger partial charge in [0.2, 0.25) is 0 Å². The molecule has 1 aliphatic heterocycles. The molecule has 2 rings (SSSR count). The lowest BCUT2D eigenvalue weighted by Crippen LogP contribution is -2.43. The number of ketones is 1. The van der Waals surface area contributed by atoms with E-state index in [4.69, 9.17) is 9.47 Å². The molecule has 1 spiro atoms. The number of unbranched alkanes of at least 4 members (excludes halogenated alkanes) is 4. The minimum absolute atomic E-state index is 0.0148. The molecule has 1 saturated heterocycles. The number of carbonyl (C=O) groups excluding carboxylic acids is 1. The van der Waals surface area contributed by atoms with Gasteiger partial charge in [-0.1, -0.05) is 52.0 Å². The number of hydrogen-bond acceptors (Lipinski definition) is 4. The van der Waals surface area contributed by atoms with Crippen LogP contribution in [0.15, 0.2) is 12.2 Å². The second kappa shape index (κ2) is 11.0. The zero-order valence-corrected chi connectivity index (χ0v) is 17.0. The van der Waals surface area contributed by atoms with E-state index in [1.165, 1.54) is 0 Å². The first-order chi connectivity index (χ1) is 13.0. The fourth-order valence-electron chi connectivity index (χ4n) is 4.60. The Kier molecular flexibility index (Phi) is 8.97. The summed E-state index contributed by atoms with van der Waals surface area (Å²) in [5.74, 6) is -2.13. The van der Waals surface area contributed by atoms with Crippen LogP contribution in [0.3, 0.4) is 0 Å². The van der Waals surface area contributed by atoms with Crippen molar-refractivity contribution in [2.45, 2.75) is 83.8 Å². The lowest BCUT2D eigenvalue weighted by molar-refractivity contribution is -0.202. The Hall–Kier alpha value is -1.20. The first-order valence-electron chi connectivity index (χ1n) is 10.8. The molecule has 3 unspecified atom stereocenters. The fourth-order valence-corrected chi connectivity index (χ4v) is 4.60. The number of rotatable bonds is 12. The highest BCUT2D eigenvalue weighted by atomic mass is 16.7. The Labute approximate surface area is 163 Å². The second-order valence-electron chi connectivity index (χ2n) is 7.96. The molecule has 1 saturated carbocycles. The first kappa shape index (κ1) is 22.1. The monoisotopic (exact) mass is 380 g/mol. The van der Waals surface area contributed by atoms with Crippen LogP contribution in [0, 0.1) is 17.8 Å². The molecule has 1 N–H and O–H groups in total. The molecule has 0 aromatic rings. The van der Waals surface area contributed by atoms with Gasteiger partial charge in [0, 0.05) is 18.8 Å². The molecule has 0 radical (unpaired) electrons. The van der Waals surface area contributed by atoms with E-state index in [0.29, 0.717) is 32.5 Å². The summed E-state index contributed by atoms with van der Waals surface area (Å²) in [4.78, 5) is 24.2. The summed E-state index contributed by atoms with van der Waals surface area (Å²) in [7, 11) is 0. The maximum absolute atomic E-state index is 12.1. The molecule has 0 bridgehead atoms. The highest BCUT2D eigenvalue weighted by molar-refractivity contribution is 5.89. The van der Waals surface area contributed by atoms with Gasteiger partial charge in [0.15, 0.2) is 11.6 Å². The van der Waals surface area contributed by atoms with Crippen LogP contribution >= 0.6 is 0 Å². The molecule has 0 aromatic heterocycles. The van der Waals surface area contributed by atoms with E-state index < -0.39 is 17.7 Å². The van der Waals surface area contributed by atoms with Crippen LogP contribution < -0.4 is 0 Å². The third-order valence-corrected chi connectivity index (χ3v) is 6.00. The summed E-state index contributed by atoms with van der Waals surface area (Å²) in [6.07, 6.45) is 12.4. The van der Waals surface area contributed by atoms with Crippen molar-refractivity contribution in [1.29, 1.82) is 0 Å². The molecular weight excluding hydrogens is 344 g/mol. The van der Waals surface area contributed by atoms with Crippen molar-refractivity contribution in [3.05, 3.63) is 12.2 Å². The molecule has 154 valence electrons. The van der Waals surface area contributed by atoms with E-state index >= 15 is 0 Å². The molecule has 3 atom stereocenters. The summed E-state index contributed by atoms with van der Waals surface area (Å²) in [5.41, 5.74) is 0. The van der Waals surface area contributed by atoms with Crippen LogP contribution in [0.25, 0.3) is 0 Å². The molecule has 27 heavy (non-hydrogen) atoms. The van der Waals surface area contributed by atoms with Crippen LogP contribution in [0.1, 0.15) is 78.1 Å². The van der Waals surface area contributed by atoms with Gasteiger partial charge in [0.05, 0.1) is 19.1 Å². The van der Waals surface area contributed by atoms with Crippen LogP contribution in [0.5, 0.6) is 0 Å². The third kappa shape index (κ3) is 5.89. The second-order valence-corrected chi connectivity index (χ2v) is 7.96. The van der Waals surface area contributed by atoms with Gasteiger partial charge in [-0.05, 0) is 31.3 Å². The van der Waals surface area contributed by atoms with Gasteiger partial charge < -0.3 is 14.6 Å². The summed E-state index contributed by atoms with van der Waals surface area (Å²) >= 11 is 0. The fraction of sp³-hybridized carbons (Fsp3) is 0.818. The largest absolute Gasteiger partial charge is 0.481 e. The van der Waals surface area contributed by atoms with E-state index in [0.717, 1.165) is 44.9 Å². The molecule has 5 heteroatoms. The lowest BCUT2D eigenvalue weighted by Gasteiger charge is -2.35. The summed E-state index contributed by atoms with van der Waals surface area (Å²) in [6.45, 7) is 5.27. The molecular formula is C22H36O5. The van der Waals surface area contributed by atoms with Crippen molar-refractivity contribution < 1.29 is 24.2 Å². The third-order valence-electron chi connectivity index (χ3n) is 6.00. The molecule has 2 aliphatic rings. The van der Waals surface area contributed by atoms with E-state index in [1.54, 1.807) is 6.08 Å². The highest BCUT2D eigenvalue weighted by Crippen LogP contribution is 2.51. The Morgan fingerprint density at radius 1 is 1.11 bits per heavy atom. The maximum Gasteiger partial charge on any atom is 0.307 e. The predicted octanol–water partition coefficient (Wildman–Crippen LogP) is 4.74. The topological polar surface area (TPSA) is 72.8 Å². The van der Waals surface area contributed by atoms with Crippen LogP contribution in [-0.4, -0.2) is 35.9 Å². The first-order valence-corrected chi connectivity index (χ1v) is 10.8. The van der Waals surface area contributed by atoms with Gasteiger partial charge in [-0.25, -0.2) is 0 Å². The van der Waals surface area contributed by atoms with Crippen LogP contribution in [-0.2, 0) is 19.1 Å².